The molecule has 0 aliphatic rings. The molecular weight excluding hydrogens is 314 g/mol. The van der Waals surface area contributed by atoms with Gasteiger partial charge in [0, 0.05) is 0 Å². The number of sulfonamides is 1. The largest absolute Gasteiger partial charge is 0.281 e. The number of aromatic amines is 1. The first-order chi connectivity index (χ1) is 9.88. The molecule has 0 aliphatic heterocycles. The second-order valence-electron chi connectivity index (χ2n) is 4.53. The van der Waals surface area contributed by atoms with Crippen LogP contribution in [0.5, 0.6) is 0 Å². The summed E-state index contributed by atoms with van der Waals surface area (Å²) in [6, 6.07) is 0. The summed E-state index contributed by atoms with van der Waals surface area (Å²) in [5.74, 6) is 0.664. The van der Waals surface area contributed by atoms with Gasteiger partial charge >= 0.3 is 0 Å². The number of aryl methyl sites for hydroxylation is 3. The van der Waals surface area contributed by atoms with E-state index in [1.807, 2.05) is 0 Å². The molecule has 0 unspecified atom stereocenters. The zero-order valence-corrected chi connectivity index (χ0v) is 13.2. The van der Waals surface area contributed by atoms with Gasteiger partial charge in [0.15, 0.2) is 5.82 Å². The van der Waals surface area contributed by atoms with Gasteiger partial charge in [-0.05, 0) is 20.8 Å². The van der Waals surface area contributed by atoms with Crippen molar-refractivity contribution < 1.29 is 8.42 Å². The summed E-state index contributed by atoms with van der Waals surface area (Å²) in [5.41, 5.74) is 0.947. The third-order valence-electron chi connectivity index (χ3n) is 2.93. The first-order valence-corrected chi connectivity index (χ1v) is 8.37. The van der Waals surface area contributed by atoms with Crippen LogP contribution in [0, 0.1) is 20.8 Å². The lowest BCUT2D eigenvalue weighted by Crippen LogP contribution is -2.24. The molecule has 112 valence electrons. The Hall–Kier alpha value is -1.85. The molecule has 0 spiro atoms. The Morgan fingerprint density at radius 3 is 2.67 bits per heavy atom. The summed E-state index contributed by atoms with van der Waals surface area (Å²) in [6.45, 7) is 5.19. The van der Waals surface area contributed by atoms with E-state index in [2.05, 4.69) is 30.2 Å². The molecule has 3 aromatic heterocycles. The van der Waals surface area contributed by atoms with E-state index in [0.717, 1.165) is 0 Å². The summed E-state index contributed by atoms with van der Waals surface area (Å²) in [6.07, 6.45) is 0. The van der Waals surface area contributed by atoms with Crippen molar-refractivity contribution in [1.82, 2.24) is 34.7 Å². The lowest BCUT2D eigenvalue weighted by Gasteiger charge is -2.04. The Labute approximate surface area is 124 Å². The van der Waals surface area contributed by atoms with Crippen molar-refractivity contribution in [3.63, 3.8) is 0 Å². The Morgan fingerprint density at radius 1 is 1.29 bits per heavy atom. The van der Waals surface area contributed by atoms with Gasteiger partial charge in [-0.15, -0.1) is 10.2 Å². The summed E-state index contributed by atoms with van der Waals surface area (Å²) >= 11 is 1.29. The zero-order chi connectivity index (χ0) is 15.2. The van der Waals surface area contributed by atoms with Gasteiger partial charge in [-0.2, -0.15) is 14.7 Å². The monoisotopic (exact) mass is 327 g/mol. The van der Waals surface area contributed by atoms with Crippen LogP contribution in [0.4, 0.5) is 0 Å². The third kappa shape index (κ3) is 2.43. The molecule has 0 aliphatic carbocycles. The highest BCUT2D eigenvalue weighted by Gasteiger charge is 2.22. The lowest BCUT2D eigenvalue weighted by molar-refractivity contribution is 0.579. The minimum atomic E-state index is -3.63. The Morgan fingerprint density at radius 2 is 2.05 bits per heavy atom. The Balaban J connectivity index is 1.83. The maximum Gasteiger partial charge on any atom is 0.244 e. The molecule has 0 saturated carbocycles. The summed E-state index contributed by atoms with van der Waals surface area (Å²) < 4.78 is 28.7. The maximum absolute atomic E-state index is 12.3. The van der Waals surface area contributed by atoms with Gasteiger partial charge in [-0.1, -0.05) is 11.3 Å². The van der Waals surface area contributed by atoms with Crippen molar-refractivity contribution in [3.8, 4) is 0 Å². The van der Waals surface area contributed by atoms with E-state index in [0.29, 0.717) is 27.2 Å². The quantitative estimate of drug-likeness (QED) is 0.712. The lowest BCUT2D eigenvalue weighted by atomic mass is 10.4. The number of H-pyrrole nitrogens is 1. The van der Waals surface area contributed by atoms with Crippen LogP contribution in [0.1, 0.15) is 22.2 Å². The van der Waals surface area contributed by atoms with Gasteiger partial charge < -0.3 is 0 Å². The minimum absolute atomic E-state index is 0.0971. The molecule has 2 N–H and O–H groups in total. The average molecular weight is 327 g/mol. The van der Waals surface area contributed by atoms with Gasteiger partial charge in [0.05, 0.1) is 17.9 Å². The first kappa shape index (κ1) is 14.1. The van der Waals surface area contributed by atoms with E-state index in [-0.39, 0.29) is 11.4 Å². The summed E-state index contributed by atoms with van der Waals surface area (Å²) in [4.78, 5) is 0.819. The van der Waals surface area contributed by atoms with E-state index < -0.39 is 10.0 Å². The molecule has 3 aromatic rings. The molecule has 11 heteroatoms. The third-order valence-corrected chi connectivity index (χ3v) is 5.49. The molecule has 0 radical (unpaired) electrons. The maximum atomic E-state index is 12.3. The highest BCUT2D eigenvalue weighted by Crippen LogP contribution is 2.18. The fourth-order valence-corrected chi connectivity index (χ4v) is 4.26. The van der Waals surface area contributed by atoms with Crippen LogP contribution in [0.25, 0.3) is 4.96 Å². The number of hydrogen-bond donors (Lipinski definition) is 2. The van der Waals surface area contributed by atoms with Crippen LogP contribution < -0.4 is 4.72 Å². The molecule has 0 amide bonds. The van der Waals surface area contributed by atoms with Gasteiger partial charge in [0.1, 0.15) is 9.90 Å². The van der Waals surface area contributed by atoms with Crippen molar-refractivity contribution in [3.05, 3.63) is 22.2 Å². The fraction of sp³-hybridized carbons (Fsp3) is 0.400. The van der Waals surface area contributed by atoms with Crippen LogP contribution >= 0.6 is 11.3 Å². The molecule has 9 nitrogen and oxygen atoms in total. The van der Waals surface area contributed by atoms with Gasteiger partial charge in [-0.25, -0.2) is 13.1 Å². The molecular formula is C10H13N7O2S2. The van der Waals surface area contributed by atoms with Crippen LogP contribution in [0.2, 0.25) is 0 Å². The number of hydrogen-bond acceptors (Lipinski definition) is 7. The number of rotatable bonds is 4. The highest BCUT2D eigenvalue weighted by atomic mass is 32.2. The Bertz CT molecular complexity index is 886. The van der Waals surface area contributed by atoms with Crippen LogP contribution in [0.15, 0.2) is 4.90 Å². The number of aromatic nitrogens is 6. The van der Waals surface area contributed by atoms with E-state index in [4.69, 9.17) is 0 Å². The van der Waals surface area contributed by atoms with Gasteiger partial charge in [0.2, 0.25) is 15.0 Å². The SMILES string of the molecule is Cc1n[nH]c(C)c1S(=O)(=O)NCc1nn2c(C)nnc2s1. The molecule has 0 atom stereocenters. The average Bonchev–Trinajstić information content (AvgIpc) is 3.05. The summed E-state index contributed by atoms with van der Waals surface area (Å²) in [5, 5.41) is 19.3. The highest BCUT2D eigenvalue weighted by molar-refractivity contribution is 7.89. The van der Waals surface area contributed by atoms with Crippen molar-refractivity contribution in [2.24, 2.45) is 0 Å². The van der Waals surface area contributed by atoms with Crippen molar-refractivity contribution in [2.45, 2.75) is 32.2 Å². The second-order valence-corrected chi connectivity index (χ2v) is 7.27. The minimum Gasteiger partial charge on any atom is -0.281 e. The molecule has 3 rings (SSSR count). The smallest absolute Gasteiger partial charge is 0.244 e. The Kier molecular flexibility index (Phi) is 3.26. The van der Waals surface area contributed by atoms with Crippen LogP contribution in [-0.2, 0) is 16.6 Å². The first-order valence-electron chi connectivity index (χ1n) is 6.07. The normalized spacial score (nSPS) is 12.3. The molecule has 0 saturated heterocycles. The van der Waals surface area contributed by atoms with Crippen LogP contribution in [0.3, 0.4) is 0 Å². The molecule has 0 fully saturated rings. The van der Waals surface area contributed by atoms with E-state index in [1.165, 1.54) is 11.3 Å². The van der Waals surface area contributed by atoms with Gasteiger partial charge in [-0.3, -0.25) is 5.10 Å². The fourth-order valence-electron chi connectivity index (χ4n) is 1.99. The zero-order valence-electron chi connectivity index (χ0n) is 11.6. The van der Waals surface area contributed by atoms with E-state index in [9.17, 15) is 8.42 Å². The number of nitrogens with zero attached hydrogens (tertiary/aromatic N) is 5. The number of fused-ring (bicyclic) bond motifs is 1. The van der Waals surface area contributed by atoms with Gasteiger partial charge in [0.25, 0.3) is 0 Å². The molecule has 21 heavy (non-hydrogen) atoms. The molecule has 3 heterocycles. The predicted octanol–water partition coefficient (Wildman–Crippen LogP) is 0.313. The van der Waals surface area contributed by atoms with E-state index >= 15 is 0 Å². The van der Waals surface area contributed by atoms with Crippen molar-refractivity contribution in [2.75, 3.05) is 0 Å². The molecule has 0 bridgehead atoms. The predicted molar refractivity (Wildman–Crippen MR) is 75.5 cm³/mol. The standard InChI is InChI=1S/C10H13N7O2S2/c1-5-9(6(2)13-12-5)21(18,19)11-4-8-16-17-7(3)14-15-10(17)20-8/h11H,4H2,1-3H3,(H,12,13). The second kappa shape index (κ2) is 4.86. The van der Waals surface area contributed by atoms with E-state index in [1.54, 1.807) is 25.3 Å². The number of nitrogens with one attached hydrogen (secondary N) is 2. The van der Waals surface area contributed by atoms with Crippen molar-refractivity contribution >= 4 is 26.3 Å². The topological polar surface area (TPSA) is 118 Å². The van der Waals surface area contributed by atoms with Crippen molar-refractivity contribution in [1.29, 1.82) is 0 Å². The summed E-state index contributed by atoms with van der Waals surface area (Å²) in [7, 11) is -3.63. The molecule has 0 aromatic carbocycles. The van der Waals surface area contributed by atoms with Crippen LogP contribution in [-0.4, -0.2) is 38.4 Å².